The van der Waals surface area contributed by atoms with Gasteiger partial charge in [-0.3, -0.25) is 0 Å². The summed E-state index contributed by atoms with van der Waals surface area (Å²) in [6.07, 6.45) is 19.0. The molecule has 0 aliphatic heterocycles. The summed E-state index contributed by atoms with van der Waals surface area (Å²) in [7, 11) is 0. The largest absolute Gasteiger partial charge is 0.310 e. The molecule has 4 nitrogen and oxygen atoms in total. The van der Waals surface area contributed by atoms with Gasteiger partial charge in [-0.15, -0.1) is 0 Å². The summed E-state index contributed by atoms with van der Waals surface area (Å²) < 4.78 is 5.09. The van der Waals surface area contributed by atoms with Crippen LogP contribution in [0.15, 0.2) is 400 Å². The molecule has 5 aliphatic carbocycles. The monoisotopic (exact) mass is 1590 g/mol. The number of nitrogens with zero attached hydrogens (tertiary/aromatic N) is 4. The van der Waals surface area contributed by atoms with E-state index in [0.717, 1.165) is 82.3 Å². The van der Waals surface area contributed by atoms with Crippen LogP contribution in [0.2, 0.25) is 0 Å². The van der Waals surface area contributed by atoms with E-state index in [4.69, 9.17) is 0 Å². The minimum absolute atomic E-state index is 0.00785. The summed E-state index contributed by atoms with van der Waals surface area (Å²) in [5.41, 5.74) is 40.2. The molecule has 0 unspecified atom stereocenters. The Hall–Kier alpha value is -14.6. The second kappa shape index (κ2) is 30.2. The maximum atomic E-state index is 2.63. The van der Waals surface area contributed by atoms with E-state index in [0.29, 0.717) is 0 Å². The van der Waals surface area contributed by atoms with Crippen molar-refractivity contribution in [2.24, 2.45) is 0 Å². The van der Waals surface area contributed by atoms with E-state index in [9.17, 15) is 0 Å². The Labute approximate surface area is 725 Å². The predicted molar refractivity (Wildman–Crippen MR) is 521 cm³/mol. The molecule has 2 spiro atoms. The van der Waals surface area contributed by atoms with Gasteiger partial charge >= 0.3 is 0 Å². The van der Waals surface area contributed by atoms with Gasteiger partial charge in [0.1, 0.15) is 0 Å². The van der Waals surface area contributed by atoms with Crippen LogP contribution < -0.4 is 20.4 Å². The van der Waals surface area contributed by atoms with Crippen LogP contribution >= 0.6 is 0 Å². The lowest BCUT2D eigenvalue weighted by Crippen LogP contribution is -2.30. The number of aromatic nitrogens is 2. The normalized spacial score (nSPS) is 14.5. The molecule has 2 fully saturated rings. The van der Waals surface area contributed by atoms with Crippen molar-refractivity contribution in [3.8, 4) is 112 Å². The summed E-state index contributed by atoms with van der Waals surface area (Å²) in [5.74, 6) is 0. The standard InChI is InChI=1S/C120H92N4/c1-5-36-81(37-6-1)89-42-9-11-44-91(89)93-46-13-15-48-95(93)98-51-18-24-57-111(98)121(85-40-35-41-86(78-85)122-113-59-26-20-53-100(113)101-54-21-27-60-114(101)122)87-66-70-110-106(79-87)104-76-83(65-69-108(104)120(110)74-33-4-34-75-120)84-64-68-103-102-55-22-28-61-115(102)124(118(103)77-84)117-63-30-29-62-116(117)123(88-67-71-109-105(80-88)97-50-17-23-56-107(97)119(109)72-31-3-32-73-119)112-58-25-19-52-99(112)96-49-16-14-47-94(96)92-45-12-10-43-90(92)82-38-7-2-8-39-82/h1-2,5-21,23-27,29-30,35-71,76-80H,3-4,22,28,31-34,72-75H2. The molecule has 5 aliphatic rings. The Kier molecular flexibility index (Phi) is 17.9. The van der Waals surface area contributed by atoms with Crippen molar-refractivity contribution in [3.05, 3.63) is 433 Å². The van der Waals surface area contributed by atoms with Crippen molar-refractivity contribution in [1.82, 2.24) is 9.13 Å². The SMILES string of the molecule is C1=c2c(n(-c3ccccc3N(c3ccc4c(c3)-c3ccccc3C43CCCCC3)c3ccccc3-c3ccccc3-c3ccccc3-c3ccccc3)c3cc(-c4ccc5c(c4)-c4cc(N(c6cccc(-n7c8ccccc8c8ccccc87)c6)c6ccccc6-c6ccccc6-c6ccccc6-c6ccccc6)ccc4C54CCCCC4)ccc23)=CCC1. The van der Waals surface area contributed by atoms with Crippen LogP contribution in [0.5, 0.6) is 0 Å². The van der Waals surface area contributed by atoms with Crippen molar-refractivity contribution >= 4 is 79.0 Å². The highest BCUT2D eigenvalue weighted by molar-refractivity contribution is 6.10. The molecule has 0 radical (unpaired) electrons. The third kappa shape index (κ3) is 11.8. The van der Waals surface area contributed by atoms with Crippen LogP contribution in [0.1, 0.15) is 99.3 Å². The fourth-order valence-corrected chi connectivity index (χ4v) is 23.0. The van der Waals surface area contributed by atoms with Crippen molar-refractivity contribution in [3.63, 3.8) is 0 Å². The van der Waals surface area contributed by atoms with Gasteiger partial charge in [-0.2, -0.15) is 0 Å². The molecule has 0 saturated heterocycles. The lowest BCUT2D eigenvalue weighted by molar-refractivity contribution is 0.353. The fourth-order valence-electron chi connectivity index (χ4n) is 23.0. The van der Waals surface area contributed by atoms with Gasteiger partial charge in [0.2, 0.25) is 0 Å². The Balaban J connectivity index is 0.684. The molecule has 0 amide bonds. The van der Waals surface area contributed by atoms with Crippen LogP contribution in [0.3, 0.4) is 0 Å². The number of hydrogen-bond donors (Lipinski definition) is 0. The molecule has 2 aromatic heterocycles. The molecule has 19 aromatic rings. The molecule has 17 aromatic carbocycles. The molecule has 24 rings (SSSR count). The summed E-state index contributed by atoms with van der Waals surface area (Å²) in [6, 6.07) is 152. The van der Waals surface area contributed by atoms with Crippen LogP contribution in [-0.4, -0.2) is 9.13 Å². The minimum atomic E-state index is -0.115. The second-order valence-electron chi connectivity index (χ2n) is 34.9. The maximum Gasteiger partial charge on any atom is 0.0702 e. The van der Waals surface area contributed by atoms with Crippen molar-refractivity contribution in [2.75, 3.05) is 9.80 Å². The highest BCUT2D eigenvalue weighted by Gasteiger charge is 2.46. The lowest BCUT2D eigenvalue weighted by atomic mass is 9.68. The Bertz CT molecular complexity index is 7540. The first-order valence-corrected chi connectivity index (χ1v) is 44.9. The van der Waals surface area contributed by atoms with E-state index in [1.807, 2.05) is 0 Å². The van der Waals surface area contributed by atoms with Gasteiger partial charge in [0.25, 0.3) is 0 Å². The second-order valence-corrected chi connectivity index (χ2v) is 34.9. The van der Waals surface area contributed by atoms with Crippen LogP contribution in [0.25, 0.3) is 156 Å². The number of anilines is 6. The van der Waals surface area contributed by atoms with E-state index >= 15 is 0 Å². The van der Waals surface area contributed by atoms with Crippen LogP contribution in [0.4, 0.5) is 34.1 Å². The van der Waals surface area contributed by atoms with Gasteiger partial charge in [0, 0.05) is 71.4 Å². The Morgan fingerprint density at radius 3 is 1.20 bits per heavy atom. The average Bonchev–Trinajstić information content (AvgIpc) is 1.56. The number of hydrogen-bond acceptors (Lipinski definition) is 2. The van der Waals surface area contributed by atoms with E-state index in [-0.39, 0.29) is 10.8 Å². The molecular weight excluding hydrogens is 1500 g/mol. The number of rotatable bonds is 15. The first-order valence-electron chi connectivity index (χ1n) is 44.9. The molecule has 0 atom stereocenters. The number of para-hydroxylation sites is 6. The number of fused-ring (bicyclic) bond motifs is 16. The molecule has 4 heteroatoms. The van der Waals surface area contributed by atoms with E-state index in [1.165, 1.54) is 206 Å². The summed E-state index contributed by atoms with van der Waals surface area (Å²) in [6.45, 7) is 0. The van der Waals surface area contributed by atoms with Crippen molar-refractivity contribution in [2.45, 2.75) is 87.9 Å². The summed E-state index contributed by atoms with van der Waals surface area (Å²) in [4.78, 5) is 5.19. The highest BCUT2D eigenvalue weighted by atomic mass is 15.2. The third-order valence-electron chi connectivity index (χ3n) is 28.4. The molecule has 2 saturated carbocycles. The summed E-state index contributed by atoms with van der Waals surface area (Å²) >= 11 is 0. The van der Waals surface area contributed by atoms with E-state index in [2.05, 4.69) is 431 Å². The maximum absolute atomic E-state index is 2.63. The zero-order chi connectivity index (χ0) is 81.8. The van der Waals surface area contributed by atoms with Crippen molar-refractivity contribution < 1.29 is 0 Å². The highest BCUT2D eigenvalue weighted by Crippen LogP contribution is 2.61. The van der Waals surface area contributed by atoms with Gasteiger partial charge in [-0.25, -0.2) is 0 Å². The quantitative estimate of drug-likeness (QED) is 0.102. The van der Waals surface area contributed by atoms with Crippen LogP contribution in [0, 0.1) is 0 Å². The van der Waals surface area contributed by atoms with Gasteiger partial charge in [0.15, 0.2) is 0 Å². The Morgan fingerprint density at radius 1 is 0.218 bits per heavy atom. The first kappa shape index (κ1) is 73.4. The van der Waals surface area contributed by atoms with Crippen LogP contribution in [-0.2, 0) is 10.8 Å². The Morgan fingerprint density at radius 2 is 0.621 bits per heavy atom. The third-order valence-corrected chi connectivity index (χ3v) is 28.4. The molecule has 2 heterocycles. The van der Waals surface area contributed by atoms with Gasteiger partial charge in [-0.1, -0.05) is 360 Å². The van der Waals surface area contributed by atoms with Gasteiger partial charge < -0.3 is 18.9 Å². The zero-order valence-corrected chi connectivity index (χ0v) is 69.5. The molecule has 0 N–H and O–H groups in total. The van der Waals surface area contributed by atoms with Gasteiger partial charge in [0.05, 0.1) is 39.3 Å². The lowest BCUT2D eigenvalue weighted by Gasteiger charge is -2.36. The van der Waals surface area contributed by atoms with Gasteiger partial charge in [-0.05, 0) is 241 Å². The molecular formula is C120H92N4. The average molecular weight is 1590 g/mol. The minimum Gasteiger partial charge on any atom is -0.310 e. The number of benzene rings is 17. The zero-order valence-electron chi connectivity index (χ0n) is 69.5. The first-order chi connectivity index (χ1) is 61.5. The van der Waals surface area contributed by atoms with E-state index in [1.54, 1.807) is 0 Å². The fraction of sp³-hybridized carbons (Fsp3) is 0.117. The molecule has 592 valence electrons. The molecule has 124 heavy (non-hydrogen) atoms. The summed E-state index contributed by atoms with van der Waals surface area (Å²) in [5, 5.41) is 6.29. The topological polar surface area (TPSA) is 16.3 Å². The van der Waals surface area contributed by atoms with Crippen molar-refractivity contribution in [1.29, 1.82) is 0 Å². The smallest absolute Gasteiger partial charge is 0.0702 e. The molecule has 0 bridgehead atoms. The van der Waals surface area contributed by atoms with E-state index < -0.39 is 0 Å². The predicted octanol–water partition coefficient (Wildman–Crippen LogP) is 31.2.